The number of hydrogen-bond donors (Lipinski definition) is 0. The minimum atomic E-state index is -1.19. The number of fused-ring (bicyclic) bond motifs is 1. The van der Waals surface area contributed by atoms with Crippen molar-refractivity contribution in [3.63, 3.8) is 0 Å². The number of hydrogen-bond acceptors (Lipinski definition) is 6. The highest BCUT2D eigenvalue weighted by molar-refractivity contribution is 7.85. The Morgan fingerprint density at radius 2 is 1.88 bits per heavy atom. The maximum atomic E-state index is 12.7. The van der Waals surface area contributed by atoms with E-state index in [0.717, 1.165) is 0 Å². The Kier molecular flexibility index (Phi) is 5.58. The molecule has 0 aliphatic carbocycles. The van der Waals surface area contributed by atoms with Crippen molar-refractivity contribution in [1.82, 2.24) is 0 Å². The second kappa shape index (κ2) is 7.53. The van der Waals surface area contributed by atoms with Gasteiger partial charge in [-0.1, -0.05) is 18.2 Å². The van der Waals surface area contributed by atoms with E-state index in [0.29, 0.717) is 17.9 Å². The summed E-state index contributed by atoms with van der Waals surface area (Å²) in [6.45, 7) is 4.18. The van der Waals surface area contributed by atoms with Crippen molar-refractivity contribution in [2.75, 3.05) is 26.1 Å². The lowest BCUT2D eigenvalue weighted by atomic mass is 9.97. The highest BCUT2D eigenvalue weighted by atomic mass is 32.2. The van der Waals surface area contributed by atoms with Crippen LogP contribution in [0.15, 0.2) is 30.3 Å². The summed E-state index contributed by atoms with van der Waals surface area (Å²) < 4.78 is 35.4. The SMILES string of the molecule is COC[C@H]1CS(=O)[C@H](COC(=O)c2ccccc2)[C@H]2OC(C)(C)O[C@H]12. The van der Waals surface area contributed by atoms with Crippen LogP contribution in [0.4, 0.5) is 0 Å². The van der Waals surface area contributed by atoms with Gasteiger partial charge in [-0.3, -0.25) is 4.21 Å². The van der Waals surface area contributed by atoms with Gasteiger partial charge < -0.3 is 18.9 Å². The number of methoxy groups -OCH3 is 1. The van der Waals surface area contributed by atoms with Gasteiger partial charge >= 0.3 is 5.97 Å². The van der Waals surface area contributed by atoms with Gasteiger partial charge in [0.1, 0.15) is 12.7 Å². The fourth-order valence-electron chi connectivity index (χ4n) is 3.39. The maximum absolute atomic E-state index is 12.7. The summed E-state index contributed by atoms with van der Waals surface area (Å²) in [7, 11) is 0.429. The van der Waals surface area contributed by atoms with E-state index in [-0.39, 0.29) is 24.7 Å². The highest BCUT2D eigenvalue weighted by Crippen LogP contribution is 2.39. The Morgan fingerprint density at radius 1 is 1.20 bits per heavy atom. The van der Waals surface area contributed by atoms with Gasteiger partial charge in [0.2, 0.25) is 0 Å². The largest absolute Gasteiger partial charge is 0.461 e. The van der Waals surface area contributed by atoms with Crippen LogP contribution in [-0.4, -0.2) is 59.5 Å². The zero-order chi connectivity index (χ0) is 18.0. The second-order valence-corrected chi connectivity index (χ2v) is 8.53. The number of ether oxygens (including phenoxy) is 4. The summed E-state index contributed by atoms with van der Waals surface area (Å²) in [6.07, 6.45) is -0.596. The lowest BCUT2D eigenvalue weighted by Gasteiger charge is -2.35. The number of carbonyl (C=O) groups is 1. The fourth-order valence-corrected chi connectivity index (χ4v) is 5.08. The van der Waals surface area contributed by atoms with E-state index in [2.05, 4.69) is 0 Å². The summed E-state index contributed by atoms with van der Waals surface area (Å²) in [6, 6.07) is 8.76. The molecule has 5 atom stereocenters. The summed E-state index contributed by atoms with van der Waals surface area (Å²) in [4.78, 5) is 12.2. The molecule has 0 radical (unpaired) electrons. The standard InChI is InChI=1S/C18H24O6S/c1-18(2)23-15-13(9-21-3)11-25(20)14(16(15)24-18)10-22-17(19)12-7-5-4-6-8-12/h4-8,13-16H,9-11H2,1-3H3/t13-,14+,15+,16+,25?/m0/s1. The molecule has 7 heteroatoms. The van der Waals surface area contributed by atoms with Crippen LogP contribution in [0, 0.1) is 5.92 Å². The number of benzene rings is 1. The van der Waals surface area contributed by atoms with Crippen molar-refractivity contribution in [2.24, 2.45) is 5.92 Å². The molecular weight excluding hydrogens is 344 g/mol. The molecule has 3 rings (SSSR count). The summed E-state index contributed by atoms with van der Waals surface area (Å²) in [5.41, 5.74) is 0.474. The fraction of sp³-hybridized carbons (Fsp3) is 0.611. The first-order valence-corrected chi connectivity index (χ1v) is 9.73. The van der Waals surface area contributed by atoms with E-state index >= 15 is 0 Å². The average Bonchev–Trinajstić information content (AvgIpc) is 2.90. The zero-order valence-corrected chi connectivity index (χ0v) is 15.5. The lowest BCUT2D eigenvalue weighted by molar-refractivity contribution is -0.150. The van der Waals surface area contributed by atoms with Gasteiger partial charge in [0.25, 0.3) is 0 Å². The molecule has 2 fully saturated rings. The molecule has 0 aromatic heterocycles. The zero-order valence-electron chi connectivity index (χ0n) is 14.7. The Morgan fingerprint density at radius 3 is 2.56 bits per heavy atom. The molecule has 2 aliphatic rings. The van der Waals surface area contributed by atoms with Crippen LogP contribution < -0.4 is 0 Å². The Hall–Kier alpha value is -1.28. The summed E-state index contributed by atoms with van der Waals surface area (Å²) in [5, 5.41) is -0.410. The monoisotopic (exact) mass is 368 g/mol. The van der Waals surface area contributed by atoms with Gasteiger partial charge in [0.15, 0.2) is 5.79 Å². The molecule has 0 bridgehead atoms. The third kappa shape index (κ3) is 4.11. The van der Waals surface area contributed by atoms with Crippen LogP contribution in [0.3, 0.4) is 0 Å². The van der Waals surface area contributed by atoms with Gasteiger partial charge in [-0.05, 0) is 26.0 Å². The first kappa shape index (κ1) is 18.5. The second-order valence-electron chi connectivity index (χ2n) is 6.83. The number of rotatable bonds is 5. The molecular formula is C18H24O6S. The van der Waals surface area contributed by atoms with E-state index in [1.807, 2.05) is 19.9 Å². The quantitative estimate of drug-likeness (QED) is 0.738. The van der Waals surface area contributed by atoms with Crippen molar-refractivity contribution < 1.29 is 28.0 Å². The first-order valence-electron chi connectivity index (χ1n) is 8.35. The van der Waals surface area contributed by atoms with Crippen molar-refractivity contribution in [1.29, 1.82) is 0 Å². The van der Waals surface area contributed by atoms with E-state index in [1.54, 1.807) is 31.4 Å². The van der Waals surface area contributed by atoms with Crippen LogP contribution in [0.5, 0.6) is 0 Å². The van der Waals surface area contributed by atoms with E-state index in [4.69, 9.17) is 18.9 Å². The minimum Gasteiger partial charge on any atom is -0.461 e. The van der Waals surface area contributed by atoms with Crippen LogP contribution in [0.1, 0.15) is 24.2 Å². The van der Waals surface area contributed by atoms with Gasteiger partial charge in [-0.2, -0.15) is 0 Å². The molecule has 0 saturated carbocycles. The molecule has 0 amide bonds. The van der Waals surface area contributed by atoms with Gasteiger partial charge in [-0.25, -0.2) is 4.79 Å². The summed E-state index contributed by atoms with van der Waals surface area (Å²) >= 11 is 0. The molecule has 2 aliphatic heterocycles. The normalized spacial score (nSPS) is 33.6. The van der Waals surface area contributed by atoms with E-state index in [9.17, 15) is 9.00 Å². The predicted octanol–water partition coefficient (Wildman–Crippen LogP) is 1.76. The lowest BCUT2D eigenvalue weighted by Crippen LogP contribution is -2.52. The third-order valence-corrected chi connectivity index (χ3v) is 6.32. The molecule has 138 valence electrons. The van der Waals surface area contributed by atoms with Crippen molar-refractivity contribution >= 4 is 16.8 Å². The Balaban J connectivity index is 1.70. The minimum absolute atomic E-state index is 0.00122. The molecule has 25 heavy (non-hydrogen) atoms. The number of esters is 1. The predicted molar refractivity (Wildman–Crippen MR) is 92.7 cm³/mol. The highest BCUT2D eigenvalue weighted by Gasteiger charge is 2.53. The number of carbonyl (C=O) groups excluding carboxylic acids is 1. The Labute approximate surface area is 150 Å². The molecule has 1 aromatic carbocycles. The molecule has 0 spiro atoms. The Bertz CT molecular complexity index is 632. The topological polar surface area (TPSA) is 71.1 Å². The van der Waals surface area contributed by atoms with Crippen molar-refractivity contribution in [2.45, 2.75) is 37.1 Å². The van der Waals surface area contributed by atoms with Crippen LogP contribution in [-0.2, 0) is 29.7 Å². The first-order chi connectivity index (χ1) is 11.9. The van der Waals surface area contributed by atoms with Crippen LogP contribution >= 0.6 is 0 Å². The maximum Gasteiger partial charge on any atom is 0.338 e. The molecule has 2 saturated heterocycles. The molecule has 0 N–H and O–H groups in total. The van der Waals surface area contributed by atoms with Gasteiger partial charge in [-0.15, -0.1) is 0 Å². The van der Waals surface area contributed by atoms with Crippen LogP contribution in [0.2, 0.25) is 0 Å². The molecule has 1 unspecified atom stereocenters. The van der Waals surface area contributed by atoms with Crippen LogP contribution in [0.25, 0.3) is 0 Å². The molecule has 2 heterocycles. The van der Waals surface area contributed by atoms with E-state index in [1.165, 1.54) is 0 Å². The van der Waals surface area contributed by atoms with Crippen molar-refractivity contribution in [3.8, 4) is 0 Å². The summed E-state index contributed by atoms with van der Waals surface area (Å²) in [5.74, 6) is -0.732. The third-order valence-electron chi connectivity index (χ3n) is 4.48. The van der Waals surface area contributed by atoms with E-state index < -0.39 is 27.8 Å². The van der Waals surface area contributed by atoms with Gasteiger partial charge in [0, 0.05) is 29.6 Å². The van der Waals surface area contributed by atoms with Crippen molar-refractivity contribution in [3.05, 3.63) is 35.9 Å². The smallest absolute Gasteiger partial charge is 0.338 e. The average molecular weight is 368 g/mol. The molecule has 6 nitrogen and oxygen atoms in total. The van der Waals surface area contributed by atoms with Gasteiger partial charge in [0.05, 0.1) is 23.5 Å². The molecule has 1 aromatic rings.